The molecule has 0 atom stereocenters. The topological polar surface area (TPSA) is 85.6 Å². The van der Waals surface area contributed by atoms with E-state index in [2.05, 4.69) is 4.98 Å². The van der Waals surface area contributed by atoms with Gasteiger partial charge in [-0.1, -0.05) is 23.2 Å². The lowest BCUT2D eigenvalue weighted by Crippen LogP contribution is -2.56. The number of non-ortho nitro benzene ring substituents is 1. The second kappa shape index (κ2) is 6.62. The number of hydrogen-bond donors (Lipinski definition) is 0. The molecule has 1 aromatic heterocycles. The van der Waals surface area contributed by atoms with Crippen molar-refractivity contribution >= 4 is 34.8 Å². The molecule has 0 aliphatic carbocycles. The van der Waals surface area contributed by atoms with E-state index in [0.29, 0.717) is 24.0 Å². The minimum atomic E-state index is -0.568. The number of carbonyl (C=O) groups is 1. The summed E-state index contributed by atoms with van der Waals surface area (Å²) in [5.41, 5.74) is -0.0737. The zero-order valence-electron chi connectivity index (χ0n) is 12.2. The van der Waals surface area contributed by atoms with Crippen molar-refractivity contribution < 1.29 is 14.5 Å². The minimum absolute atomic E-state index is 0.105. The van der Waals surface area contributed by atoms with Crippen LogP contribution < -0.4 is 4.74 Å². The number of halogens is 2. The number of ether oxygens (including phenoxy) is 1. The molecule has 2 aromatic rings. The van der Waals surface area contributed by atoms with Crippen LogP contribution >= 0.6 is 23.2 Å². The summed E-state index contributed by atoms with van der Waals surface area (Å²) in [5, 5.41) is 11.5. The molecule has 0 radical (unpaired) electrons. The number of aromatic nitrogens is 1. The average Bonchev–Trinajstić information content (AvgIpc) is 2.52. The SMILES string of the molecule is O=C(c1cc([N+](=O)[O-])ccc1Cl)N1CC(Oc2ccc(Cl)cn2)C1. The molecule has 2 heterocycles. The van der Waals surface area contributed by atoms with Crippen LogP contribution in [0.5, 0.6) is 5.88 Å². The average molecular weight is 368 g/mol. The summed E-state index contributed by atoms with van der Waals surface area (Å²) >= 11 is 11.7. The van der Waals surface area contributed by atoms with Gasteiger partial charge in [-0.25, -0.2) is 4.98 Å². The molecule has 0 bridgehead atoms. The predicted molar refractivity (Wildman–Crippen MR) is 87.7 cm³/mol. The van der Waals surface area contributed by atoms with Crippen LogP contribution in [0, 0.1) is 10.1 Å². The van der Waals surface area contributed by atoms with Gasteiger partial charge in [0.1, 0.15) is 6.10 Å². The molecule has 3 rings (SSSR count). The van der Waals surface area contributed by atoms with Gasteiger partial charge < -0.3 is 9.64 Å². The van der Waals surface area contributed by atoms with Gasteiger partial charge in [0.05, 0.1) is 33.6 Å². The summed E-state index contributed by atoms with van der Waals surface area (Å²) in [7, 11) is 0. The van der Waals surface area contributed by atoms with Crippen molar-refractivity contribution in [2.45, 2.75) is 6.10 Å². The number of likely N-dealkylation sites (tertiary alicyclic amines) is 1. The van der Waals surface area contributed by atoms with Crippen LogP contribution in [-0.2, 0) is 0 Å². The molecule has 7 nitrogen and oxygen atoms in total. The lowest BCUT2D eigenvalue weighted by molar-refractivity contribution is -0.384. The summed E-state index contributed by atoms with van der Waals surface area (Å²) < 4.78 is 5.61. The van der Waals surface area contributed by atoms with Crippen molar-refractivity contribution in [3.8, 4) is 5.88 Å². The van der Waals surface area contributed by atoms with E-state index in [0.717, 1.165) is 0 Å². The van der Waals surface area contributed by atoms with E-state index in [-0.39, 0.29) is 28.3 Å². The number of amides is 1. The number of nitro benzene ring substituents is 1. The van der Waals surface area contributed by atoms with Crippen LogP contribution in [0.4, 0.5) is 5.69 Å². The second-order valence-corrected chi connectivity index (χ2v) is 6.03. The molecular weight excluding hydrogens is 357 g/mol. The first-order valence-electron chi connectivity index (χ1n) is 6.95. The summed E-state index contributed by atoms with van der Waals surface area (Å²) in [6.07, 6.45) is 1.28. The Morgan fingerprint density at radius 1 is 1.29 bits per heavy atom. The fraction of sp³-hybridized carbons (Fsp3) is 0.200. The Kier molecular flexibility index (Phi) is 4.55. The maximum atomic E-state index is 12.4. The standard InChI is InChI=1S/C15H11Cl2N3O4/c16-9-1-4-14(18-6-9)24-11-7-19(8-11)15(21)12-5-10(20(22)23)2-3-13(12)17/h1-6,11H,7-8H2. The van der Waals surface area contributed by atoms with E-state index >= 15 is 0 Å². The normalized spacial score (nSPS) is 14.2. The number of carbonyl (C=O) groups excluding carboxylic acids is 1. The third-order valence-electron chi connectivity index (χ3n) is 3.51. The van der Waals surface area contributed by atoms with Crippen molar-refractivity contribution in [3.05, 3.63) is 62.3 Å². The minimum Gasteiger partial charge on any atom is -0.471 e. The second-order valence-electron chi connectivity index (χ2n) is 5.19. The van der Waals surface area contributed by atoms with Crippen molar-refractivity contribution in [1.29, 1.82) is 0 Å². The zero-order valence-corrected chi connectivity index (χ0v) is 13.7. The molecule has 0 saturated carbocycles. The quantitative estimate of drug-likeness (QED) is 0.611. The van der Waals surface area contributed by atoms with Crippen LogP contribution in [0.2, 0.25) is 10.0 Å². The number of nitro groups is 1. The summed E-state index contributed by atoms with van der Waals surface area (Å²) in [6.45, 7) is 0.699. The van der Waals surface area contributed by atoms with E-state index in [1.165, 1.54) is 29.3 Å². The maximum absolute atomic E-state index is 12.4. The number of nitrogens with zero attached hydrogens (tertiary/aromatic N) is 3. The third kappa shape index (κ3) is 3.42. The molecule has 24 heavy (non-hydrogen) atoms. The Bertz CT molecular complexity index is 792. The van der Waals surface area contributed by atoms with Gasteiger partial charge in [-0.3, -0.25) is 14.9 Å². The molecule has 0 spiro atoms. The van der Waals surface area contributed by atoms with Gasteiger partial charge in [-0.2, -0.15) is 0 Å². The highest BCUT2D eigenvalue weighted by atomic mass is 35.5. The molecule has 0 N–H and O–H groups in total. The Morgan fingerprint density at radius 3 is 2.67 bits per heavy atom. The smallest absolute Gasteiger partial charge is 0.270 e. The van der Waals surface area contributed by atoms with Crippen LogP contribution in [0.3, 0.4) is 0 Å². The van der Waals surface area contributed by atoms with Gasteiger partial charge in [-0.05, 0) is 12.1 Å². The monoisotopic (exact) mass is 367 g/mol. The Balaban J connectivity index is 1.63. The molecule has 9 heteroatoms. The van der Waals surface area contributed by atoms with Gasteiger partial charge in [0.2, 0.25) is 5.88 Å². The molecule has 1 aromatic carbocycles. The Morgan fingerprint density at radius 2 is 2.04 bits per heavy atom. The van der Waals surface area contributed by atoms with Crippen molar-refractivity contribution in [3.63, 3.8) is 0 Å². The predicted octanol–water partition coefficient (Wildman–Crippen LogP) is 3.20. The molecule has 124 valence electrons. The first-order chi connectivity index (χ1) is 11.4. The molecule has 1 aliphatic heterocycles. The number of benzene rings is 1. The summed E-state index contributed by atoms with van der Waals surface area (Å²) in [6, 6.07) is 7.09. The Labute approximate surface area is 146 Å². The maximum Gasteiger partial charge on any atom is 0.270 e. The lowest BCUT2D eigenvalue weighted by atomic mass is 10.1. The first kappa shape index (κ1) is 16.5. The largest absolute Gasteiger partial charge is 0.471 e. The fourth-order valence-electron chi connectivity index (χ4n) is 2.24. The summed E-state index contributed by atoms with van der Waals surface area (Å²) in [4.78, 5) is 28.2. The molecule has 0 unspecified atom stereocenters. The van der Waals surface area contributed by atoms with Gasteiger partial charge in [-0.15, -0.1) is 0 Å². The van der Waals surface area contributed by atoms with E-state index in [4.69, 9.17) is 27.9 Å². The summed E-state index contributed by atoms with van der Waals surface area (Å²) in [5.74, 6) is 0.0532. The zero-order chi connectivity index (χ0) is 17.3. The van der Waals surface area contributed by atoms with Crippen LogP contribution in [0.25, 0.3) is 0 Å². The molecule has 1 amide bonds. The van der Waals surface area contributed by atoms with Gasteiger partial charge >= 0.3 is 0 Å². The van der Waals surface area contributed by atoms with Gasteiger partial charge in [0.25, 0.3) is 11.6 Å². The van der Waals surface area contributed by atoms with Crippen molar-refractivity contribution in [2.24, 2.45) is 0 Å². The van der Waals surface area contributed by atoms with E-state index in [1.807, 2.05) is 0 Å². The highest BCUT2D eigenvalue weighted by molar-refractivity contribution is 6.34. The molecule has 1 fully saturated rings. The number of hydrogen-bond acceptors (Lipinski definition) is 5. The highest BCUT2D eigenvalue weighted by Gasteiger charge is 2.34. The molecule has 1 aliphatic rings. The van der Waals surface area contributed by atoms with Crippen LogP contribution in [-0.4, -0.2) is 39.9 Å². The fourth-order valence-corrected chi connectivity index (χ4v) is 2.55. The number of rotatable bonds is 4. The van der Waals surface area contributed by atoms with Crippen LogP contribution in [0.15, 0.2) is 36.5 Å². The number of pyridine rings is 1. The van der Waals surface area contributed by atoms with Gasteiger partial charge in [0.15, 0.2) is 0 Å². The van der Waals surface area contributed by atoms with Crippen molar-refractivity contribution in [1.82, 2.24) is 9.88 Å². The van der Waals surface area contributed by atoms with Crippen LogP contribution in [0.1, 0.15) is 10.4 Å². The Hall–Kier alpha value is -2.38. The van der Waals surface area contributed by atoms with E-state index in [1.54, 1.807) is 12.1 Å². The molecular formula is C15H11Cl2N3O4. The van der Waals surface area contributed by atoms with Crippen molar-refractivity contribution in [2.75, 3.05) is 13.1 Å². The van der Waals surface area contributed by atoms with Gasteiger partial charge in [0, 0.05) is 24.4 Å². The lowest BCUT2D eigenvalue weighted by Gasteiger charge is -2.38. The van der Waals surface area contributed by atoms with E-state index in [9.17, 15) is 14.9 Å². The third-order valence-corrected chi connectivity index (χ3v) is 4.07. The first-order valence-corrected chi connectivity index (χ1v) is 7.71. The molecule has 1 saturated heterocycles. The highest BCUT2D eigenvalue weighted by Crippen LogP contribution is 2.26. The van der Waals surface area contributed by atoms with E-state index < -0.39 is 4.92 Å².